The quantitative estimate of drug-likeness (QED) is 0.828. The van der Waals surface area contributed by atoms with Crippen LogP contribution in [-0.2, 0) is 0 Å². The van der Waals surface area contributed by atoms with Crippen molar-refractivity contribution in [3.8, 4) is 5.75 Å². The van der Waals surface area contributed by atoms with Crippen molar-refractivity contribution >= 4 is 5.69 Å². The number of ether oxygens (including phenoxy) is 1. The molecular weight excluding hydrogens is 234 g/mol. The van der Waals surface area contributed by atoms with Gasteiger partial charge in [0.25, 0.3) is 0 Å². The number of hydrogen-bond donors (Lipinski definition) is 1. The van der Waals surface area contributed by atoms with Gasteiger partial charge in [0.2, 0.25) is 0 Å². The summed E-state index contributed by atoms with van der Waals surface area (Å²) in [5.41, 5.74) is 1.19. The molecule has 2 heteroatoms. The molecule has 2 nitrogen and oxygen atoms in total. The summed E-state index contributed by atoms with van der Waals surface area (Å²) in [5, 5.41) is 3.68. The van der Waals surface area contributed by atoms with Gasteiger partial charge in [-0.1, -0.05) is 32.8 Å². The van der Waals surface area contributed by atoms with E-state index in [2.05, 4.69) is 37.4 Å². The fraction of sp³-hybridized carbons (Fsp3) is 0.647. The summed E-state index contributed by atoms with van der Waals surface area (Å²) < 4.78 is 5.56. The van der Waals surface area contributed by atoms with Crippen LogP contribution < -0.4 is 10.1 Å². The van der Waals surface area contributed by atoms with Crippen LogP contribution in [0, 0.1) is 11.8 Å². The molecule has 0 amide bonds. The van der Waals surface area contributed by atoms with E-state index in [0.29, 0.717) is 6.04 Å². The van der Waals surface area contributed by atoms with Crippen LogP contribution in [0.5, 0.6) is 5.75 Å². The average molecular weight is 261 g/mol. The van der Waals surface area contributed by atoms with Gasteiger partial charge in [-0.2, -0.15) is 0 Å². The van der Waals surface area contributed by atoms with E-state index in [1.165, 1.54) is 31.4 Å². The first-order valence-electron chi connectivity index (χ1n) is 7.68. The molecule has 1 N–H and O–H groups in total. The Morgan fingerprint density at radius 1 is 1.32 bits per heavy atom. The summed E-state index contributed by atoms with van der Waals surface area (Å²) in [5.74, 6) is 2.64. The summed E-state index contributed by atoms with van der Waals surface area (Å²) in [4.78, 5) is 0. The second-order valence-electron chi connectivity index (χ2n) is 5.97. The van der Waals surface area contributed by atoms with Crippen molar-refractivity contribution in [1.82, 2.24) is 0 Å². The Bertz CT molecular complexity index is 389. The molecule has 0 radical (unpaired) electrons. The van der Waals surface area contributed by atoms with Gasteiger partial charge in [0.05, 0.1) is 6.61 Å². The number of benzene rings is 1. The Labute approximate surface area is 117 Å². The Kier molecular flexibility index (Phi) is 5.12. The maximum absolute atomic E-state index is 5.56. The molecule has 1 aliphatic carbocycles. The van der Waals surface area contributed by atoms with Crippen molar-refractivity contribution in [3.63, 3.8) is 0 Å². The van der Waals surface area contributed by atoms with Crippen LogP contribution >= 0.6 is 0 Å². The SMILES string of the molecule is CCOc1cccc(NC2CCCC(C(C)C)C2)c1. The van der Waals surface area contributed by atoms with Crippen LogP contribution in [0.15, 0.2) is 24.3 Å². The van der Waals surface area contributed by atoms with Crippen LogP contribution in [0.2, 0.25) is 0 Å². The molecule has 1 saturated carbocycles. The predicted molar refractivity (Wildman–Crippen MR) is 81.8 cm³/mol. The molecule has 0 aliphatic heterocycles. The highest BCUT2D eigenvalue weighted by atomic mass is 16.5. The first-order chi connectivity index (χ1) is 9.19. The molecular formula is C17H27NO. The Balaban J connectivity index is 1.94. The predicted octanol–water partition coefficient (Wildman–Crippen LogP) is 4.71. The molecule has 1 aliphatic rings. The summed E-state index contributed by atoms with van der Waals surface area (Å²) in [6.45, 7) is 7.45. The molecule has 1 aromatic rings. The zero-order valence-electron chi connectivity index (χ0n) is 12.5. The molecule has 1 fully saturated rings. The van der Waals surface area contributed by atoms with E-state index in [0.717, 1.165) is 24.2 Å². The van der Waals surface area contributed by atoms with Gasteiger partial charge in [-0.05, 0) is 43.7 Å². The standard InChI is InChI=1S/C17H27NO/c1-4-19-17-10-6-9-16(12-17)18-15-8-5-7-14(11-15)13(2)3/h6,9-10,12-15,18H,4-5,7-8,11H2,1-3H3. The van der Waals surface area contributed by atoms with Crippen LogP contribution in [0.3, 0.4) is 0 Å². The van der Waals surface area contributed by atoms with Crippen molar-refractivity contribution in [2.45, 2.75) is 52.5 Å². The van der Waals surface area contributed by atoms with Crippen LogP contribution in [0.25, 0.3) is 0 Å². The van der Waals surface area contributed by atoms with Gasteiger partial charge in [-0.25, -0.2) is 0 Å². The van der Waals surface area contributed by atoms with Gasteiger partial charge in [-0.15, -0.1) is 0 Å². The molecule has 0 aromatic heterocycles. The molecule has 2 atom stereocenters. The fourth-order valence-electron chi connectivity index (χ4n) is 3.04. The molecule has 19 heavy (non-hydrogen) atoms. The monoisotopic (exact) mass is 261 g/mol. The van der Waals surface area contributed by atoms with Gasteiger partial charge < -0.3 is 10.1 Å². The van der Waals surface area contributed by atoms with Crippen LogP contribution in [0.1, 0.15) is 46.5 Å². The minimum atomic E-state index is 0.623. The maximum atomic E-state index is 5.56. The Morgan fingerprint density at radius 2 is 2.16 bits per heavy atom. The fourth-order valence-corrected chi connectivity index (χ4v) is 3.04. The second-order valence-corrected chi connectivity index (χ2v) is 5.97. The van der Waals surface area contributed by atoms with Crippen molar-refractivity contribution in [1.29, 1.82) is 0 Å². The number of nitrogens with one attached hydrogen (secondary N) is 1. The first-order valence-corrected chi connectivity index (χ1v) is 7.68. The van der Waals surface area contributed by atoms with E-state index in [9.17, 15) is 0 Å². The minimum absolute atomic E-state index is 0.623. The third kappa shape index (κ3) is 4.15. The van der Waals surface area contributed by atoms with E-state index in [-0.39, 0.29) is 0 Å². The summed E-state index contributed by atoms with van der Waals surface area (Å²) >= 11 is 0. The van der Waals surface area contributed by atoms with Crippen LogP contribution in [0.4, 0.5) is 5.69 Å². The number of anilines is 1. The third-order valence-corrected chi connectivity index (χ3v) is 4.17. The lowest BCUT2D eigenvalue weighted by Crippen LogP contribution is -2.29. The van der Waals surface area contributed by atoms with Gasteiger partial charge >= 0.3 is 0 Å². The summed E-state index contributed by atoms with van der Waals surface area (Å²) in [7, 11) is 0. The molecule has 106 valence electrons. The van der Waals surface area contributed by atoms with Crippen molar-refractivity contribution in [3.05, 3.63) is 24.3 Å². The minimum Gasteiger partial charge on any atom is -0.494 e. The lowest BCUT2D eigenvalue weighted by Gasteiger charge is -2.32. The van der Waals surface area contributed by atoms with Gasteiger partial charge in [0, 0.05) is 17.8 Å². The normalized spacial score (nSPS) is 23.4. The zero-order valence-corrected chi connectivity index (χ0v) is 12.5. The van der Waals surface area contributed by atoms with Crippen molar-refractivity contribution in [2.24, 2.45) is 11.8 Å². The van der Waals surface area contributed by atoms with Gasteiger partial charge in [0.1, 0.15) is 5.75 Å². The second kappa shape index (κ2) is 6.83. The molecule has 1 aromatic carbocycles. The van der Waals surface area contributed by atoms with Crippen molar-refractivity contribution in [2.75, 3.05) is 11.9 Å². The zero-order chi connectivity index (χ0) is 13.7. The lowest BCUT2D eigenvalue weighted by atomic mass is 9.79. The lowest BCUT2D eigenvalue weighted by molar-refractivity contribution is 0.264. The number of rotatable bonds is 5. The summed E-state index contributed by atoms with van der Waals surface area (Å²) in [6.07, 6.45) is 5.35. The van der Waals surface area contributed by atoms with Gasteiger partial charge in [-0.3, -0.25) is 0 Å². The highest BCUT2D eigenvalue weighted by molar-refractivity contribution is 5.48. The molecule has 2 unspecified atom stereocenters. The summed E-state index contributed by atoms with van der Waals surface area (Å²) in [6, 6.07) is 8.96. The Morgan fingerprint density at radius 3 is 2.89 bits per heavy atom. The van der Waals surface area contributed by atoms with E-state index >= 15 is 0 Å². The molecule has 0 heterocycles. The van der Waals surface area contributed by atoms with E-state index < -0.39 is 0 Å². The van der Waals surface area contributed by atoms with E-state index in [1.807, 2.05) is 13.0 Å². The van der Waals surface area contributed by atoms with Crippen molar-refractivity contribution < 1.29 is 4.74 Å². The molecule has 0 spiro atoms. The highest BCUT2D eigenvalue weighted by Crippen LogP contribution is 2.32. The average Bonchev–Trinajstić information content (AvgIpc) is 2.40. The Hall–Kier alpha value is -1.18. The van der Waals surface area contributed by atoms with Crippen LogP contribution in [-0.4, -0.2) is 12.6 Å². The van der Waals surface area contributed by atoms with E-state index in [1.54, 1.807) is 0 Å². The smallest absolute Gasteiger partial charge is 0.121 e. The topological polar surface area (TPSA) is 21.3 Å². The highest BCUT2D eigenvalue weighted by Gasteiger charge is 2.23. The largest absolute Gasteiger partial charge is 0.494 e. The number of hydrogen-bond acceptors (Lipinski definition) is 2. The molecule has 0 bridgehead atoms. The molecule has 2 rings (SSSR count). The third-order valence-electron chi connectivity index (χ3n) is 4.17. The van der Waals surface area contributed by atoms with E-state index in [4.69, 9.17) is 4.74 Å². The van der Waals surface area contributed by atoms with Gasteiger partial charge in [0.15, 0.2) is 0 Å². The maximum Gasteiger partial charge on any atom is 0.121 e. The molecule has 0 saturated heterocycles. The first kappa shape index (κ1) is 14.2.